The Kier molecular flexibility index (Phi) is 5.88. The number of hydrogen-bond donors (Lipinski definition) is 1. The number of nitrogens with one attached hydrogen (secondary N) is 1. The second-order valence-corrected chi connectivity index (χ2v) is 11.1. The van der Waals surface area contributed by atoms with Crippen LogP contribution in [-0.2, 0) is 16.0 Å². The van der Waals surface area contributed by atoms with Crippen molar-refractivity contribution in [2.75, 3.05) is 7.11 Å². The summed E-state index contributed by atoms with van der Waals surface area (Å²) in [6, 6.07) is 6.16. The number of ether oxygens (including phenoxy) is 2. The molecule has 0 unspecified atom stereocenters. The lowest BCUT2D eigenvalue weighted by atomic mass is 9.36. The fraction of sp³-hybridized carbons (Fsp3) is 0.630. The minimum atomic E-state index is -0.533. The molecule has 2 bridgehead atoms. The zero-order valence-electron chi connectivity index (χ0n) is 20.5. The number of alkyl carbamates (subject to hydrolysis) is 1. The van der Waals surface area contributed by atoms with E-state index >= 15 is 0 Å². The highest BCUT2D eigenvalue weighted by molar-refractivity contribution is 5.94. The normalized spacial score (nSPS) is 29.6. The van der Waals surface area contributed by atoms with Gasteiger partial charge < -0.3 is 19.7 Å². The molecule has 2 atom stereocenters. The van der Waals surface area contributed by atoms with Crippen molar-refractivity contribution in [3.05, 3.63) is 29.3 Å². The van der Waals surface area contributed by atoms with Crippen molar-refractivity contribution >= 4 is 12.0 Å². The van der Waals surface area contributed by atoms with Crippen LogP contribution in [0, 0.1) is 17.8 Å². The minimum absolute atomic E-state index is 0.0712. The quantitative estimate of drug-likeness (QED) is 0.632. The van der Waals surface area contributed by atoms with Gasteiger partial charge in [-0.3, -0.25) is 4.79 Å². The number of terminal acetylenes is 1. The molecule has 0 aromatic heterocycles. The topological polar surface area (TPSA) is 67.9 Å². The molecule has 1 heterocycles. The van der Waals surface area contributed by atoms with E-state index in [9.17, 15) is 9.59 Å². The predicted octanol–water partition coefficient (Wildman–Crippen LogP) is 4.76. The third-order valence-electron chi connectivity index (χ3n) is 7.44. The number of methoxy groups -OCH3 is 1. The summed E-state index contributed by atoms with van der Waals surface area (Å²) in [6.45, 7) is 7.76. The average Bonchev–Trinajstić information content (AvgIpc) is 2.70. The number of carbonyl (C=O) groups excluding carboxylic acids is 2. The zero-order valence-corrected chi connectivity index (χ0v) is 20.5. The summed E-state index contributed by atoms with van der Waals surface area (Å²) >= 11 is 0. The van der Waals surface area contributed by atoms with Crippen LogP contribution in [0.15, 0.2) is 18.2 Å². The summed E-state index contributed by atoms with van der Waals surface area (Å²) in [7, 11) is 1.68. The molecule has 5 rings (SSSR count). The van der Waals surface area contributed by atoms with E-state index in [1.807, 2.05) is 31.7 Å². The van der Waals surface area contributed by atoms with E-state index in [0.717, 1.165) is 56.3 Å². The molecule has 33 heavy (non-hydrogen) atoms. The van der Waals surface area contributed by atoms with Gasteiger partial charge in [-0.15, -0.1) is 6.42 Å². The maximum atomic E-state index is 13.1. The van der Waals surface area contributed by atoms with Crippen LogP contribution in [0.25, 0.3) is 0 Å². The monoisotopic (exact) mass is 452 g/mol. The van der Waals surface area contributed by atoms with Gasteiger partial charge >= 0.3 is 6.09 Å². The van der Waals surface area contributed by atoms with Crippen molar-refractivity contribution in [1.29, 1.82) is 0 Å². The van der Waals surface area contributed by atoms with Crippen LogP contribution >= 0.6 is 0 Å². The number of rotatable bonds is 6. The van der Waals surface area contributed by atoms with Crippen LogP contribution in [0.5, 0.6) is 5.75 Å². The summed E-state index contributed by atoms with van der Waals surface area (Å²) in [6.07, 6.45) is 11.6. The smallest absolute Gasteiger partial charge is 0.408 e. The molecular weight excluding hydrogens is 416 g/mol. The molecular formula is C27H36N2O4. The summed E-state index contributed by atoms with van der Waals surface area (Å²) in [4.78, 5) is 27.5. The maximum Gasteiger partial charge on any atom is 0.408 e. The minimum Gasteiger partial charge on any atom is -0.497 e. The molecule has 1 N–H and O–H groups in total. The van der Waals surface area contributed by atoms with Gasteiger partial charge in [0.15, 0.2) is 0 Å². The lowest BCUT2D eigenvalue weighted by molar-refractivity contribution is -0.206. The third-order valence-corrected chi connectivity index (χ3v) is 7.44. The number of hydrogen-bond acceptors (Lipinski definition) is 4. The van der Waals surface area contributed by atoms with Gasteiger partial charge in [0.25, 0.3) is 5.91 Å². The van der Waals surface area contributed by atoms with E-state index in [2.05, 4.69) is 30.3 Å². The summed E-state index contributed by atoms with van der Waals surface area (Å²) in [5.41, 5.74) is 1.55. The van der Waals surface area contributed by atoms with E-state index < -0.39 is 5.60 Å². The van der Waals surface area contributed by atoms with E-state index in [4.69, 9.17) is 15.9 Å². The first kappa shape index (κ1) is 23.5. The highest BCUT2D eigenvalue weighted by Crippen LogP contribution is 2.74. The van der Waals surface area contributed by atoms with Crippen LogP contribution in [0.3, 0.4) is 0 Å². The number of carbonyl (C=O) groups is 2. The van der Waals surface area contributed by atoms with Gasteiger partial charge in [0.1, 0.15) is 11.4 Å². The molecule has 0 spiro atoms. The van der Waals surface area contributed by atoms with Gasteiger partial charge in [-0.05, 0) is 82.1 Å². The Labute approximate surface area is 197 Å². The molecule has 178 valence electrons. The summed E-state index contributed by atoms with van der Waals surface area (Å²) in [5.74, 6) is 3.00. The number of nitrogens with zero attached hydrogens (tertiary/aromatic N) is 1. The standard InChI is InChI=1S/C27H36N2O4/c1-7-9-10-19-13-18-14-20(32-6)11-12-21(18)23(29(19)22(30)8-2)26-15-27(16-26,17-26)28-24(31)33-25(3,4)5/h2,11-12,14,19,23H,7,9-10,13,15-17H2,1,3-6H3,(H,28,31)/t19-,23+,26?,27?/m0/s1. The molecule has 6 heteroatoms. The number of fused-ring (bicyclic) bond motifs is 1. The van der Waals surface area contributed by atoms with Gasteiger partial charge in [0, 0.05) is 17.0 Å². The first-order valence-electron chi connectivity index (χ1n) is 12.0. The molecule has 3 fully saturated rings. The van der Waals surface area contributed by atoms with Gasteiger partial charge in [-0.1, -0.05) is 25.8 Å². The highest BCUT2D eigenvalue weighted by atomic mass is 16.6. The Morgan fingerprint density at radius 1 is 1.27 bits per heavy atom. The molecule has 1 aromatic rings. The number of unbranched alkanes of at least 4 members (excludes halogenated alkanes) is 1. The van der Waals surface area contributed by atoms with Crippen molar-refractivity contribution in [2.24, 2.45) is 5.41 Å². The van der Waals surface area contributed by atoms with Crippen molar-refractivity contribution < 1.29 is 19.1 Å². The van der Waals surface area contributed by atoms with Crippen molar-refractivity contribution in [3.8, 4) is 18.1 Å². The number of amides is 2. The first-order valence-corrected chi connectivity index (χ1v) is 12.0. The largest absolute Gasteiger partial charge is 0.497 e. The number of benzene rings is 1. The Bertz CT molecular complexity index is 967. The lowest BCUT2D eigenvalue weighted by Gasteiger charge is -2.74. The lowest BCUT2D eigenvalue weighted by Crippen LogP contribution is -2.78. The van der Waals surface area contributed by atoms with Crippen molar-refractivity contribution in [1.82, 2.24) is 10.2 Å². The van der Waals surface area contributed by atoms with E-state index in [1.54, 1.807) is 7.11 Å². The van der Waals surface area contributed by atoms with Crippen LogP contribution in [0.2, 0.25) is 0 Å². The van der Waals surface area contributed by atoms with Gasteiger partial charge in [-0.25, -0.2) is 4.79 Å². The summed E-state index contributed by atoms with van der Waals surface area (Å²) < 4.78 is 11.0. The molecule has 0 radical (unpaired) electrons. The Morgan fingerprint density at radius 2 is 1.97 bits per heavy atom. The van der Waals surface area contributed by atoms with Crippen LogP contribution in [0.4, 0.5) is 4.79 Å². The maximum absolute atomic E-state index is 13.1. The van der Waals surface area contributed by atoms with Crippen molar-refractivity contribution in [2.45, 2.75) is 95.9 Å². The molecule has 2 amide bonds. The zero-order chi connectivity index (χ0) is 24.0. The average molecular weight is 453 g/mol. The molecule has 3 saturated carbocycles. The third kappa shape index (κ3) is 4.18. The molecule has 3 aliphatic carbocycles. The Balaban J connectivity index is 1.63. The first-order chi connectivity index (χ1) is 15.6. The van der Waals surface area contributed by atoms with E-state index in [1.165, 1.54) is 5.56 Å². The molecule has 0 saturated heterocycles. The molecule has 1 aliphatic heterocycles. The Hall–Kier alpha value is -2.68. The molecule has 4 aliphatic rings. The second kappa shape index (κ2) is 8.27. The van der Waals surface area contributed by atoms with E-state index in [0.29, 0.717) is 0 Å². The SMILES string of the molecule is C#CC(=O)N1[C@@H](CCCC)Cc2cc(OC)ccc2[C@@H]1C12CC(NC(=O)OC(C)(C)C)(C1)C2. The summed E-state index contributed by atoms with van der Waals surface area (Å²) in [5, 5.41) is 3.10. The second-order valence-electron chi connectivity index (χ2n) is 11.1. The Morgan fingerprint density at radius 3 is 2.55 bits per heavy atom. The van der Waals surface area contributed by atoms with Gasteiger partial charge in [0.2, 0.25) is 0 Å². The molecule has 1 aromatic carbocycles. The highest BCUT2D eigenvalue weighted by Gasteiger charge is 2.73. The fourth-order valence-corrected chi connectivity index (χ4v) is 6.34. The predicted molar refractivity (Wildman–Crippen MR) is 127 cm³/mol. The van der Waals surface area contributed by atoms with Crippen molar-refractivity contribution in [3.63, 3.8) is 0 Å². The fourth-order valence-electron chi connectivity index (χ4n) is 6.34. The van der Waals surface area contributed by atoms with Gasteiger partial charge in [-0.2, -0.15) is 0 Å². The van der Waals surface area contributed by atoms with Crippen LogP contribution < -0.4 is 10.1 Å². The van der Waals surface area contributed by atoms with Crippen LogP contribution in [0.1, 0.15) is 83.4 Å². The molecule has 6 nitrogen and oxygen atoms in total. The van der Waals surface area contributed by atoms with Gasteiger partial charge in [0.05, 0.1) is 13.2 Å². The van der Waals surface area contributed by atoms with E-state index in [-0.39, 0.29) is 35.0 Å². The van der Waals surface area contributed by atoms with Crippen LogP contribution in [-0.4, -0.2) is 41.2 Å².